The van der Waals surface area contributed by atoms with Crippen molar-refractivity contribution in [3.63, 3.8) is 0 Å². The number of rotatable bonds is 0. The maximum atomic E-state index is 5.56. The molecule has 3 heteroatoms. The third-order valence-electron chi connectivity index (χ3n) is 1.55. The predicted molar refractivity (Wildman–Crippen MR) is 49.1 cm³/mol. The number of pyridine rings is 1. The van der Waals surface area contributed by atoms with Crippen molar-refractivity contribution in [3.05, 3.63) is 36.7 Å². The Hall–Kier alpha value is -1.15. The Labute approximate surface area is 71.0 Å². The van der Waals surface area contributed by atoms with Crippen molar-refractivity contribution >= 4 is 23.6 Å². The Morgan fingerprint density at radius 3 is 2.82 bits per heavy atom. The molecule has 0 spiro atoms. The third-order valence-corrected chi connectivity index (χ3v) is 1.55. The highest BCUT2D eigenvalue weighted by molar-refractivity contribution is 5.85. The van der Waals surface area contributed by atoms with Gasteiger partial charge in [0, 0.05) is 23.6 Å². The number of hydrogen-bond donors (Lipinski definition) is 1. The number of nitrogen functional groups attached to an aromatic ring is 1. The van der Waals surface area contributed by atoms with E-state index >= 15 is 0 Å². The van der Waals surface area contributed by atoms with Crippen LogP contribution >= 0.6 is 12.4 Å². The summed E-state index contributed by atoms with van der Waals surface area (Å²) in [5.41, 5.74) is 7.53. The number of aromatic nitrogens is 1. The summed E-state index contributed by atoms with van der Waals surface area (Å²) in [5.74, 6) is 0. The van der Waals surface area contributed by atoms with Crippen LogP contribution in [-0.4, -0.2) is 4.40 Å². The van der Waals surface area contributed by atoms with Crippen molar-refractivity contribution in [2.45, 2.75) is 0 Å². The van der Waals surface area contributed by atoms with Gasteiger partial charge in [0.1, 0.15) is 0 Å². The minimum absolute atomic E-state index is 0. The number of nitrogens with two attached hydrogens (primary N) is 1. The van der Waals surface area contributed by atoms with Crippen LogP contribution in [0.15, 0.2) is 36.7 Å². The summed E-state index contributed by atoms with van der Waals surface area (Å²) in [4.78, 5) is 0. The molecule has 11 heavy (non-hydrogen) atoms. The molecule has 0 aliphatic heterocycles. The number of anilines is 1. The number of nitrogens with zero attached hydrogens (tertiary/aromatic N) is 1. The zero-order chi connectivity index (χ0) is 6.97. The molecule has 0 radical (unpaired) electrons. The van der Waals surface area contributed by atoms with Gasteiger partial charge in [-0.05, 0) is 24.3 Å². The summed E-state index contributed by atoms with van der Waals surface area (Å²) in [6, 6.07) is 7.93. The maximum absolute atomic E-state index is 5.56. The fraction of sp³-hybridized carbons (Fsp3) is 0. The van der Waals surface area contributed by atoms with Crippen LogP contribution in [0.5, 0.6) is 0 Å². The quantitative estimate of drug-likeness (QED) is 0.641. The molecule has 0 aromatic carbocycles. The zero-order valence-electron chi connectivity index (χ0n) is 5.90. The molecule has 0 fully saturated rings. The molecule has 2 aromatic rings. The lowest BCUT2D eigenvalue weighted by Crippen LogP contribution is -1.87. The molecule has 0 aliphatic rings. The molecular weight excluding hydrogens is 160 g/mol. The monoisotopic (exact) mass is 168 g/mol. The molecule has 0 aliphatic carbocycles. The molecule has 2 aromatic heterocycles. The molecule has 2 nitrogen and oxygen atoms in total. The van der Waals surface area contributed by atoms with E-state index in [1.165, 1.54) is 5.52 Å². The highest BCUT2D eigenvalue weighted by atomic mass is 35.5. The van der Waals surface area contributed by atoms with E-state index in [1.54, 1.807) is 0 Å². The van der Waals surface area contributed by atoms with Crippen LogP contribution in [-0.2, 0) is 0 Å². The van der Waals surface area contributed by atoms with Crippen molar-refractivity contribution in [1.29, 1.82) is 0 Å². The van der Waals surface area contributed by atoms with Gasteiger partial charge >= 0.3 is 0 Å². The summed E-state index contributed by atoms with van der Waals surface area (Å²) >= 11 is 0. The zero-order valence-corrected chi connectivity index (χ0v) is 6.71. The molecular formula is C8H9ClN2. The van der Waals surface area contributed by atoms with Gasteiger partial charge in [-0.1, -0.05) is 0 Å². The molecule has 0 atom stereocenters. The minimum atomic E-state index is 0. The van der Waals surface area contributed by atoms with Gasteiger partial charge in [-0.25, -0.2) is 0 Å². The summed E-state index contributed by atoms with van der Waals surface area (Å²) in [6.45, 7) is 0. The third kappa shape index (κ3) is 1.30. The second-order valence-corrected chi connectivity index (χ2v) is 2.30. The molecule has 2 rings (SSSR count). The second-order valence-electron chi connectivity index (χ2n) is 2.30. The van der Waals surface area contributed by atoms with E-state index in [-0.39, 0.29) is 12.4 Å². The van der Waals surface area contributed by atoms with E-state index in [2.05, 4.69) is 0 Å². The van der Waals surface area contributed by atoms with Gasteiger partial charge in [-0.15, -0.1) is 12.4 Å². The molecule has 58 valence electrons. The van der Waals surface area contributed by atoms with E-state index < -0.39 is 0 Å². The van der Waals surface area contributed by atoms with Gasteiger partial charge in [0.25, 0.3) is 0 Å². The Morgan fingerprint density at radius 2 is 2.00 bits per heavy atom. The van der Waals surface area contributed by atoms with Gasteiger partial charge in [0.05, 0.1) is 0 Å². The normalized spacial score (nSPS) is 9.45. The van der Waals surface area contributed by atoms with Gasteiger partial charge in [-0.3, -0.25) is 0 Å². The number of hydrogen-bond acceptors (Lipinski definition) is 1. The van der Waals surface area contributed by atoms with Gasteiger partial charge < -0.3 is 10.1 Å². The van der Waals surface area contributed by atoms with Crippen molar-refractivity contribution in [2.24, 2.45) is 0 Å². The molecule has 2 heterocycles. The first-order valence-corrected chi connectivity index (χ1v) is 3.18. The highest BCUT2D eigenvalue weighted by Crippen LogP contribution is 2.07. The molecule has 0 amide bonds. The second kappa shape index (κ2) is 2.84. The number of fused-ring (bicyclic) bond motifs is 1. The maximum Gasteiger partial charge on any atom is 0.0483 e. The first-order valence-electron chi connectivity index (χ1n) is 3.18. The van der Waals surface area contributed by atoms with Gasteiger partial charge in [0.2, 0.25) is 0 Å². The molecule has 0 saturated heterocycles. The van der Waals surface area contributed by atoms with Crippen molar-refractivity contribution in [2.75, 3.05) is 5.73 Å². The van der Waals surface area contributed by atoms with E-state index in [0.29, 0.717) is 0 Å². The standard InChI is InChI=1S/C8H8N2.ClH/c9-7-3-4-8-2-1-5-10(8)6-7;/h1-6H,9H2;1H. The lowest BCUT2D eigenvalue weighted by Gasteiger charge is -1.94. The van der Waals surface area contributed by atoms with Crippen LogP contribution in [0.1, 0.15) is 0 Å². The van der Waals surface area contributed by atoms with E-state index in [1.807, 2.05) is 41.1 Å². The molecule has 2 N–H and O–H groups in total. The fourth-order valence-corrected chi connectivity index (χ4v) is 1.05. The van der Waals surface area contributed by atoms with E-state index in [9.17, 15) is 0 Å². The molecule has 0 saturated carbocycles. The summed E-state index contributed by atoms with van der Waals surface area (Å²) in [7, 11) is 0. The van der Waals surface area contributed by atoms with E-state index in [0.717, 1.165) is 5.69 Å². The molecule has 0 unspecified atom stereocenters. The summed E-state index contributed by atoms with van der Waals surface area (Å²) in [6.07, 6.45) is 3.88. The van der Waals surface area contributed by atoms with Crippen LogP contribution in [0.25, 0.3) is 5.52 Å². The van der Waals surface area contributed by atoms with E-state index in [4.69, 9.17) is 5.73 Å². The van der Waals surface area contributed by atoms with Crippen molar-refractivity contribution in [3.8, 4) is 0 Å². The largest absolute Gasteiger partial charge is 0.398 e. The van der Waals surface area contributed by atoms with Crippen LogP contribution < -0.4 is 5.73 Å². The Bertz CT molecular complexity index is 354. The Kier molecular flexibility index (Phi) is 2.06. The predicted octanol–water partition coefficient (Wildman–Crippen LogP) is 1.94. The minimum Gasteiger partial charge on any atom is -0.398 e. The van der Waals surface area contributed by atoms with Crippen LogP contribution in [0.2, 0.25) is 0 Å². The van der Waals surface area contributed by atoms with Crippen molar-refractivity contribution < 1.29 is 0 Å². The first-order chi connectivity index (χ1) is 4.86. The fourth-order valence-electron chi connectivity index (χ4n) is 1.05. The van der Waals surface area contributed by atoms with Gasteiger partial charge in [-0.2, -0.15) is 0 Å². The average molecular weight is 169 g/mol. The molecule has 0 bridgehead atoms. The summed E-state index contributed by atoms with van der Waals surface area (Å²) in [5, 5.41) is 0. The first kappa shape index (κ1) is 7.95. The Balaban J connectivity index is 0.000000605. The summed E-state index contributed by atoms with van der Waals surface area (Å²) < 4.78 is 2.00. The lowest BCUT2D eigenvalue weighted by molar-refractivity contribution is 1.20. The topological polar surface area (TPSA) is 30.4 Å². The smallest absolute Gasteiger partial charge is 0.0483 e. The Morgan fingerprint density at radius 1 is 1.18 bits per heavy atom. The van der Waals surface area contributed by atoms with Crippen LogP contribution in [0.3, 0.4) is 0 Å². The highest BCUT2D eigenvalue weighted by Gasteiger charge is 1.88. The van der Waals surface area contributed by atoms with Crippen LogP contribution in [0, 0.1) is 0 Å². The SMILES string of the molecule is Cl.Nc1ccc2cccn2c1. The van der Waals surface area contributed by atoms with Crippen LogP contribution in [0.4, 0.5) is 5.69 Å². The van der Waals surface area contributed by atoms with Gasteiger partial charge in [0.15, 0.2) is 0 Å². The number of halogens is 1. The van der Waals surface area contributed by atoms with Crippen molar-refractivity contribution in [1.82, 2.24) is 4.40 Å². The average Bonchev–Trinajstić information content (AvgIpc) is 2.33. The lowest BCUT2D eigenvalue weighted by atomic mass is 10.4.